The highest BCUT2D eigenvalue weighted by Gasteiger charge is 2.06. The van der Waals surface area contributed by atoms with Gasteiger partial charge in [-0.15, -0.1) is 0 Å². The lowest BCUT2D eigenvalue weighted by molar-refractivity contribution is 0.402. The molecule has 0 saturated heterocycles. The molecular weight excluding hydrogens is 306 g/mol. The van der Waals surface area contributed by atoms with Crippen molar-refractivity contribution in [3.05, 3.63) is 58.1 Å². The third kappa shape index (κ3) is 3.72. The smallest absolute Gasteiger partial charge is 0.157 e. The van der Waals surface area contributed by atoms with E-state index < -0.39 is 0 Å². The molecular formula is C15H16BrNO2. The van der Waals surface area contributed by atoms with Crippen LogP contribution in [0.4, 0.5) is 0 Å². The molecule has 0 radical (unpaired) electrons. The maximum absolute atomic E-state index is 9.43. The lowest BCUT2D eigenvalue weighted by Crippen LogP contribution is -2.17. The maximum Gasteiger partial charge on any atom is 0.157 e. The standard InChI is InChI=1S/C15H16BrNO2/c1-10(12-3-2-4-13(16)8-12)17-9-11-5-6-14(18)15(19)7-11/h2-8,10,17-19H,9H2,1H3/t10-/m0/s1. The van der Waals surface area contributed by atoms with Crippen LogP contribution in [0.5, 0.6) is 11.5 Å². The molecule has 2 aromatic rings. The number of phenols is 2. The zero-order chi connectivity index (χ0) is 13.8. The Morgan fingerprint density at radius 2 is 1.89 bits per heavy atom. The first-order chi connectivity index (χ1) is 9.06. The van der Waals surface area contributed by atoms with Crippen molar-refractivity contribution in [2.24, 2.45) is 0 Å². The van der Waals surface area contributed by atoms with Crippen LogP contribution in [0.15, 0.2) is 46.9 Å². The second-order valence-corrected chi connectivity index (χ2v) is 5.40. The van der Waals surface area contributed by atoms with E-state index >= 15 is 0 Å². The highest BCUT2D eigenvalue weighted by molar-refractivity contribution is 9.10. The number of benzene rings is 2. The van der Waals surface area contributed by atoms with Gasteiger partial charge in [-0.25, -0.2) is 0 Å². The molecule has 0 aromatic heterocycles. The molecule has 0 saturated carbocycles. The highest BCUT2D eigenvalue weighted by atomic mass is 79.9. The first-order valence-electron chi connectivity index (χ1n) is 6.06. The number of rotatable bonds is 4. The fraction of sp³-hybridized carbons (Fsp3) is 0.200. The number of nitrogens with one attached hydrogen (secondary N) is 1. The fourth-order valence-electron chi connectivity index (χ4n) is 1.84. The van der Waals surface area contributed by atoms with Gasteiger partial charge in [0.25, 0.3) is 0 Å². The van der Waals surface area contributed by atoms with Crippen LogP contribution in [0.1, 0.15) is 24.1 Å². The first kappa shape index (κ1) is 13.9. The Morgan fingerprint density at radius 3 is 2.58 bits per heavy atom. The van der Waals surface area contributed by atoms with Crippen LogP contribution in [-0.2, 0) is 6.54 Å². The van der Waals surface area contributed by atoms with Crippen LogP contribution in [0.3, 0.4) is 0 Å². The summed E-state index contributed by atoms with van der Waals surface area (Å²) in [5.74, 6) is -0.182. The van der Waals surface area contributed by atoms with Crippen molar-refractivity contribution in [2.45, 2.75) is 19.5 Å². The molecule has 0 amide bonds. The van der Waals surface area contributed by atoms with Gasteiger partial charge in [0.05, 0.1) is 0 Å². The average molecular weight is 322 g/mol. The van der Waals surface area contributed by atoms with Gasteiger partial charge in [-0.05, 0) is 42.3 Å². The van der Waals surface area contributed by atoms with Gasteiger partial charge in [-0.2, -0.15) is 0 Å². The minimum atomic E-state index is -0.0937. The number of hydrogen-bond donors (Lipinski definition) is 3. The third-order valence-corrected chi connectivity index (χ3v) is 3.49. The van der Waals surface area contributed by atoms with Gasteiger partial charge in [-0.1, -0.05) is 34.1 Å². The maximum atomic E-state index is 9.43. The Morgan fingerprint density at radius 1 is 1.11 bits per heavy atom. The van der Waals surface area contributed by atoms with E-state index in [1.807, 2.05) is 12.1 Å². The van der Waals surface area contributed by atoms with Gasteiger partial charge in [0.2, 0.25) is 0 Å². The van der Waals surface area contributed by atoms with Crippen LogP contribution in [0, 0.1) is 0 Å². The van der Waals surface area contributed by atoms with Crippen LogP contribution in [0.25, 0.3) is 0 Å². The molecule has 3 N–H and O–H groups in total. The third-order valence-electron chi connectivity index (χ3n) is 3.00. The van der Waals surface area contributed by atoms with E-state index in [9.17, 15) is 10.2 Å². The predicted octanol–water partition coefficient (Wildman–Crippen LogP) is 3.71. The molecule has 100 valence electrons. The fourth-order valence-corrected chi connectivity index (χ4v) is 2.26. The van der Waals surface area contributed by atoms with Gasteiger partial charge < -0.3 is 15.5 Å². The van der Waals surface area contributed by atoms with E-state index in [-0.39, 0.29) is 17.5 Å². The molecule has 19 heavy (non-hydrogen) atoms. The summed E-state index contributed by atoms with van der Waals surface area (Å²) in [7, 11) is 0. The zero-order valence-electron chi connectivity index (χ0n) is 10.6. The minimum absolute atomic E-state index is 0.0885. The monoisotopic (exact) mass is 321 g/mol. The van der Waals surface area contributed by atoms with Crippen molar-refractivity contribution in [1.29, 1.82) is 0 Å². The molecule has 0 fully saturated rings. The van der Waals surface area contributed by atoms with E-state index in [1.165, 1.54) is 11.6 Å². The summed E-state index contributed by atoms with van der Waals surface area (Å²) in [6.45, 7) is 2.71. The molecule has 4 heteroatoms. The minimum Gasteiger partial charge on any atom is -0.504 e. The Bertz CT molecular complexity index is 572. The molecule has 1 atom stereocenters. The van der Waals surface area contributed by atoms with Crippen molar-refractivity contribution in [3.63, 3.8) is 0 Å². The molecule has 2 aromatic carbocycles. The van der Waals surface area contributed by atoms with E-state index in [1.54, 1.807) is 12.1 Å². The van der Waals surface area contributed by atoms with E-state index in [2.05, 4.69) is 40.3 Å². The van der Waals surface area contributed by atoms with Crippen LogP contribution in [0.2, 0.25) is 0 Å². The number of phenolic OH excluding ortho intramolecular Hbond substituents is 2. The Kier molecular flexibility index (Phi) is 4.45. The van der Waals surface area contributed by atoms with Gasteiger partial charge in [0.15, 0.2) is 11.5 Å². The molecule has 0 unspecified atom stereocenters. The molecule has 3 nitrogen and oxygen atoms in total. The summed E-state index contributed by atoms with van der Waals surface area (Å²) in [4.78, 5) is 0. The zero-order valence-corrected chi connectivity index (χ0v) is 12.2. The number of hydrogen-bond acceptors (Lipinski definition) is 3. The summed E-state index contributed by atoms with van der Waals surface area (Å²) in [5.41, 5.74) is 2.12. The van der Waals surface area contributed by atoms with E-state index in [0.29, 0.717) is 6.54 Å². The first-order valence-corrected chi connectivity index (χ1v) is 6.85. The molecule has 2 rings (SSSR count). The average Bonchev–Trinajstić information content (AvgIpc) is 2.40. The van der Waals surface area contributed by atoms with Crippen LogP contribution >= 0.6 is 15.9 Å². The number of halogens is 1. The molecule has 0 aliphatic carbocycles. The lowest BCUT2D eigenvalue weighted by Gasteiger charge is -2.15. The van der Waals surface area contributed by atoms with Crippen molar-refractivity contribution in [1.82, 2.24) is 5.32 Å². The Hall–Kier alpha value is -1.52. The molecule has 0 heterocycles. The largest absolute Gasteiger partial charge is 0.504 e. The van der Waals surface area contributed by atoms with Crippen molar-refractivity contribution in [2.75, 3.05) is 0 Å². The molecule has 0 aliphatic heterocycles. The Balaban J connectivity index is 2.00. The Labute approximate surface area is 121 Å². The summed E-state index contributed by atoms with van der Waals surface area (Å²) in [6, 6.07) is 13.2. The molecule has 0 aliphatic rings. The van der Waals surface area contributed by atoms with Crippen molar-refractivity contribution < 1.29 is 10.2 Å². The normalized spacial score (nSPS) is 12.3. The summed E-state index contributed by atoms with van der Waals surface area (Å²) >= 11 is 3.46. The molecule has 0 spiro atoms. The van der Waals surface area contributed by atoms with Crippen LogP contribution in [-0.4, -0.2) is 10.2 Å². The second kappa shape index (κ2) is 6.08. The van der Waals surface area contributed by atoms with Gasteiger partial charge >= 0.3 is 0 Å². The van der Waals surface area contributed by atoms with Crippen LogP contribution < -0.4 is 5.32 Å². The SMILES string of the molecule is C[C@H](NCc1ccc(O)c(O)c1)c1cccc(Br)c1. The predicted molar refractivity (Wildman–Crippen MR) is 79.2 cm³/mol. The molecule has 0 bridgehead atoms. The number of aromatic hydroxyl groups is 2. The van der Waals surface area contributed by atoms with Gasteiger partial charge in [0.1, 0.15) is 0 Å². The van der Waals surface area contributed by atoms with E-state index in [4.69, 9.17) is 0 Å². The quantitative estimate of drug-likeness (QED) is 0.752. The highest BCUT2D eigenvalue weighted by Crippen LogP contribution is 2.25. The second-order valence-electron chi connectivity index (χ2n) is 4.48. The van der Waals surface area contributed by atoms with Crippen molar-refractivity contribution >= 4 is 15.9 Å². The summed E-state index contributed by atoms with van der Waals surface area (Å²) < 4.78 is 1.06. The van der Waals surface area contributed by atoms with Gasteiger partial charge in [-0.3, -0.25) is 0 Å². The summed E-state index contributed by atoms with van der Waals surface area (Å²) in [6.07, 6.45) is 0. The summed E-state index contributed by atoms with van der Waals surface area (Å²) in [5, 5.41) is 22.1. The van der Waals surface area contributed by atoms with Crippen molar-refractivity contribution in [3.8, 4) is 11.5 Å². The van der Waals surface area contributed by atoms with E-state index in [0.717, 1.165) is 10.0 Å². The van der Waals surface area contributed by atoms with Gasteiger partial charge in [0, 0.05) is 17.1 Å². The topological polar surface area (TPSA) is 52.5 Å². The lowest BCUT2D eigenvalue weighted by atomic mass is 10.1.